The minimum Gasteiger partial charge on any atom is -0.497 e. The molecule has 3 rings (SSSR count). The molecule has 0 bridgehead atoms. The fraction of sp³-hybridized carbons (Fsp3) is 0.0667. The van der Waals surface area contributed by atoms with E-state index in [0.29, 0.717) is 12.1 Å². The number of hydrogen-bond donors (Lipinski definition) is 1. The molecule has 0 unspecified atom stereocenters. The van der Waals surface area contributed by atoms with E-state index in [9.17, 15) is 30.3 Å². The molecule has 2 aromatic carbocycles. The van der Waals surface area contributed by atoms with Crippen LogP contribution in [0.4, 0.5) is 17.1 Å². The van der Waals surface area contributed by atoms with Crippen LogP contribution in [0.15, 0.2) is 48.4 Å². The fourth-order valence-corrected chi connectivity index (χ4v) is 1.95. The molecule has 0 fully saturated rings. The van der Waals surface area contributed by atoms with Gasteiger partial charge in [0.05, 0.1) is 26.9 Å². The van der Waals surface area contributed by atoms with Crippen molar-refractivity contribution >= 4 is 17.1 Å². The van der Waals surface area contributed by atoms with Crippen molar-refractivity contribution in [2.75, 3.05) is 0 Å². The van der Waals surface area contributed by atoms with Crippen molar-refractivity contribution in [1.82, 2.24) is 0 Å². The number of nitro benzene ring substituents is 3. The maximum absolute atomic E-state index is 10.4. The van der Waals surface area contributed by atoms with E-state index >= 15 is 0 Å². The lowest BCUT2D eigenvalue weighted by molar-refractivity contribution is -0.404. The summed E-state index contributed by atoms with van der Waals surface area (Å²) in [6, 6.07) is 8.48. The fourth-order valence-electron chi connectivity index (χ4n) is 1.95. The van der Waals surface area contributed by atoms with Crippen LogP contribution in [0.2, 0.25) is 0 Å². The monoisotopic (exact) mass is 377 g/mol. The Hall–Kier alpha value is -4.22. The van der Waals surface area contributed by atoms with Crippen molar-refractivity contribution in [3.63, 3.8) is 0 Å². The normalized spacial score (nSPS) is 11.5. The van der Waals surface area contributed by atoms with Gasteiger partial charge in [-0.05, 0) is 19.1 Å². The van der Waals surface area contributed by atoms with Crippen LogP contribution in [-0.2, 0) is 0 Å². The van der Waals surface area contributed by atoms with E-state index in [2.05, 4.69) is 0 Å². The Kier molecular flexibility index (Phi) is 5.50. The van der Waals surface area contributed by atoms with Gasteiger partial charge >= 0.3 is 11.4 Å². The number of hydrogen-bond acceptors (Lipinski definition) is 9. The zero-order valence-electron chi connectivity index (χ0n) is 13.6. The summed E-state index contributed by atoms with van der Waals surface area (Å²) in [7, 11) is 0. The molecule has 0 saturated heterocycles. The van der Waals surface area contributed by atoms with Gasteiger partial charge in [0, 0.05) is 0 Å². The van der Waals surface area contributed by atoms with E-state index in [1.807, 2.05) is 31.2 Å². The first-order valence-corrected chi connectivity index (χ1v) is 7.11. The van der Waals surface area contributed by atoms with E-state index in [-0.39, 0.29) is 0 Å². The number of non-ortho nitro benzene ring substituents is 1. The molecule has 27 heavy (non-hydrogen) atoms. The van der Waals surface area contributed by atoms with E-state index in [1.54, 1.807) is 6.26 Å². The van der Waals surface area contributed by atoms with Crippen LogP contribution < -0.4 is 9.47 Å². The van der Waals surface area contributed by atoms with E-state index in [4.69, 9.17) is 14.6 Å². The van der Waals surface area contributed by atoms with Gasteiger partial charge in [0.1, 0.15) is 12.0 Å². The van der Waals surface area contributed by atoms with Gasteiger partial charge in [-0.25, -0.2) is 0 Å². The van der Waals surface area contributed by atoms with Gasteiger partial charge in [-0.3, -0.25) is 30.3 Å². The molecule has 0 saturated carbocycles. The molecule has 0 aliphatic carbocycles. The number of ether oxygens (including phenoxy) is 2. The maximum atomic E-state index is 10.4. The van der Waals surface area contributed by atoms with Gasteiger partial charge < -0.3 is 14.6 Å². The van der Waals surface area contributed by atoms with Crippen LogP contribution in [0.1, 0.15) is 6.92 Å². The molecule has 1 aliphatic rings. The highest BCUT2D eigenvalue weighted by Gasteiger charge is 2.30. The second-order valence-corrected chi connectivity index (χ2v) is 5.00. The topological polar surface area (TPSA) is 168 Å². The van der Waals surface area contributed by atoms with Crippen molar-refractivity contribution in [2.24, 2.45) is 0 Å². The number of benzene rings is 2. The first-order chi connectivity index (χ1) is 12.7. The summed E-state index contributed by atoms with van der Waals surface area (Å²) >= 11 is 0. The lowest BCUT2D eigenvalue weighted by Gasteiger charge is -2.14. The van der Waals surface area contributed by atoms with Crippen molar-refractivity contribution < 1.29 is 29.4 Å². The average Bonchev–Trinajstić information content (AvgIpc) is 2.61. The molecule has 12 heteroatoms. The minimum absolute atomic E-state index is 0.447. The number of rotatable bonds is 3. The molecule has 0 radical (unpaired) electrons. The van der Waals surface area contributed by atoms with Gasteiger partial charge in [-0.1, -0.05) is 12.1 Å². The highest BCUT2D eigenvalue weighted by molar-refractivity contribution is 5.64. The molecule has 0 spiro atoms. The van der Waals surface area contributed by atoms with Crippen LogP contribution in [0.5, 0.6) is 17.2 Å². The summed E-state index contributed by atoms with van der Waals surface area (Å²) in [5.41, 5.74) is -3.00. The zero-order chi connectivity index (χ0) is 20.1. The van der Waals surface area contributed by atoms with Crippen molar-refractivity contribution in [2.45, 2.75) is 6.92 Å². The summed E-state index contributed by atoms with van der Waals surface area (Å²) in [5, 5.41) is 40.2. The van der Waals surface area contributed by atoms with Crippen molar-refractivity contribution in [3.8, 4) is 17.2 Å². The Morgan fingerprint density at radius 1 is 0.889 bits per heavy atom. The van der Waals surface area contributed by atoms with Gasteiger partial charge in [-0.15, -0.1) is 0 Å². The van der Waals surface area contributed by atoms with Crippen LogP contribution in [0.25, 0.3) is 0 Å². The third-order valence-electron chi connectivity index (χ3n) is 3.13. The number of nitro groups is 3. The quantitative estimate of drug-likeness (QED) is 0.622. The molecule has 1 heterocycles. The molecule has 0 atom stereocenters. The van der Waals surface area contributed by atoms with Crippen LogP contribution in [0.3, 0.4) is 0 Å². The van der Waals surface area contributed by atoms with E-state index in [0.717, 1.165) is 17.3 Å². The van der Waals surface area contributed by atoms with E-state index < -0.39 is 37.6 Å². The summed E-state index contributed by atoms with van der Waals surface area (Å²) in [4.78, 5) is 27.8. The zero-order valence-corrected chi connectivity index (χ0v) is 13.6. The van der Waals surface area contributed by atoms with Gasteiger partial charge in [0.15, 0.2) is 11.5 Å². The van der Waals surface area contributed by atoms with Gasteiger partial charge in [0.2, 0.25) is 0 Å². The second kappa shape index (κ2) is 7.77. The van der Waals surface area contributed by atoms with Crippen LogP contribution in [0, 0.1) is 30.3 Å². The molecular weight excluding hydrogens is 366 g/mol. The molecule has 0 aromatic heterocycles. The van der Waals surface area contributed by atoms with Crippen molar-refractivity contribution in [1.29, 1.82) is 0 Å². The average molecular weight is 377 g/mol. The highest BCUT2D eigenvalue weighted by Crippen LogP contribution is 2.39. The molecule has 1 aliphatic heterocycles. The predicted octanol–water partition coefficient (Wildman–Crippen LogP) is 3.44. The third kappa shape index (κ3) is 4.45. The minimum atomic E-state index is -1.21. The molecule has 1 N–H and O–H groups in total. The number of fused-ring (bicyclic) bond motifs is 1. The molecule has 140 valence electrons. The first-order valence-electron chi connectivity index (χ1n) is 7.11. The third-order valence-corrected chi connectivity index (χ3v) is 3.13. The largest absolute Gasteiger partial charge is 0.497 e. The smallest absolute Gasteiger partial charge is 0.324 e. The predicted molar refractivity (Wildman–Crippen MR) is 89.5 cm³/mol. The number of phenolic OH excluding ortho intramolecular Hbond substituents is 1. The Balaban J connectivity index is 0.000000206. The Morgan fingerprint density at radius 2 is 1.41 bits per heavy atom. The summed E-state index contributed by atoms with van der Waals surface area (Å²) < 4.78 is 10.6. The van der Waals surface area contributed by atoms with Crippen LogP contribution in [-0.4, -0.2) is 19.9 Å². The van der Waals surface area contributed by atoms with Crippen molar-refractivity contribution in [3.05, 3.63) is 78.8 Å². The second-order valence-electron chi connectivity index (χ2n) is 5.00. The Labute approximate surface area is 150 Å². The summed E-state index contributed by atoms with van der Waals surface area (Å²) in [6.07, 6.45) is 1.60. The number of aromatic hydroxyl groups is 1. The summed E-state index contributed by atoms with van der Waals surface area (Å²) in [6.45, 7) is 1.86. The number of phenols is 1. The first kappa shape index (κ1) is 19.1. The summed E-state index contributed by atoms with van der Waals surface area (Å²) in [5.74, 6) is 1.13. The van der Waals surface area contributed by atoms with E-state index in [1.165, 1.54) is 0 Å². The maximum Gasteiger partial charge on any atom is 0.324 e. The van der Waals surface area contributed by atoms with Gasteiger partial charge in [0.25, 0.3) is 11.4 Å². The number of para-hydroxylation sites is 2. The molecule has 0 amide bonds. The standard InChI is InChI=1S/C9H8O2.C6H3N3O7/c1-7-6-10-8-4-2-3-5-9(8)11-7;10-6-4(8(13)14)1-3(7(11)12)2-5(6)9(15)16/h2-6H,1H3;1-2,10H. The molecular formula is C15H11N3O9. The molecule has 12 nitrogen and oxygen atoms in total. The van der Waals surface area contributed by atoms with Crippen LogP contribution >= 0.6 is 0 Å². The Bertz CT molecular complexity index is 920. The number of nitrogens with zero attached hydrogens (tertiary/aromatic N) is 3. The number of allylic oxidation sites excluding steroid dienone is 1. The Morgan fingerprint density at radius 3 is 1.89 bits per heavy atom. The highest BCUT2D eigenvalue weighted by atomic mass is 16.6. The van der Waals surface area contributed by atoms with Gasteiger partial charge in [-0.2, -0.15) is 0 Å². The SMILES string of the molecule is CC1=COc2ccccc2O1.O=[N+]([O-])c1cc([N+](=O)[O-])c(O)c([N+](=O)[O-])c1. The lowest BCUT2D eigenvalue weighted by Crippen LogP contribution is -2.01. The molecule has 2 aromatic rings. The lowest BCUT2D eigenvalue weighted by atomic mass is 10.2.